The molecule has 0 atom stereocenters. The first-order chi connectivity index (χ1) is 4.34. The van der Waals surface area contributed by atoms with Crippen molar-refractivity contribution in [1.29, 1.82) is 0 Å². The summed E-state index contributed by atoms with van der Waals surface area (Å²) in [7, 11) is 0. The smallest absolute Gasteiger partial charge is 0.0653 e. The molecule has 1 aromatic rings. The minimum absolute atomic E-state index is 0.970. The normalized spacial score (nSPS) is 11.9. The monoisotopic (exact) mass is 119 g/mol. The third-order valence-corrected chi connectivity index (χ3v) is 1.20. The van der Waals surface area contributed by atoms with Gasteiger partial charge in [0, 0.05) is 6.20 Å². The quantitative estimate of drug-likeness (QED) is 0.478. The van der Waals surface area contributed by atoms with Crippen LogP contribution in [0.15, 0.2) is 18.3 Å². The summed E-state index contributed by atoms with van der Waals surface area (Å²) in [6.45, 7) is 5.75. The van der Waals surface area contributed by atoms with Gasteiger partial charge in [0.2, 0.25) is 0 Å². The SMILES string of the molecule is C=c1cccn/c1=C/C. The van der Waals surface area contributed by atoms with E-state index in [9.17, 15) is 0 Å². The summed E-state index contributed by atoms with van der Waals surface area (Å²) >= 11 is 0. The van der Waals surface area contributed by atoms with E-state index in [0.717, 1.165) is 10.6 Å². The van der Waals surface area contributed by atoms with E-state index in [0.29, 0.717) is 0 Å². The summed E-state index contributed by atoms with van der Waals surface area (Å²) in [5, 5.41) is 1.96. The zero-order chi connectivity index (χ0) is 6.69. The van der Waals surface area contributed by atoms with Gasteiger partial charge >= 0.3 is 0 Å². The van der Waals surface area contributed by atoms with E-state index in [4.69, 9.17) is 0 Å². The van der Waals surface area contributed by atoms with Crippen molar-refractivity contribution in [3.05, 3.63) is 28.9 Å². The number of hydrogen-bond donors (Lipinski definition) is 0. The molecule has 1 aromatic heterocycles. The van der Waals surface area contributed by atoms with Crippen LogP contribution < -0.4 is 10.6 Å². The molecule has 1 heteroatoms. The van der Waals surface area contributed by atoms with E-state index in [2.05, 4.69) is 11.6 Å². The highest BCUT2D eigenvalue weighted by atomic mass is 14.6. The van der Waals surface area contributed by atoms with Crippen molar-refractivity contribution in [2.45, 2.75) is 6.92 Å². The largest absolute Gasteiger partial charge is 0.257 e. The van der Waals surface area contributed by atoms with Crippen LogP contribution in [0.4, 0.5) is 0 Å². The van der Waals surface area contributed by atoms with Crippen LogP contribution in [0, 0.1) is 0 Å². The van der Waals surface area contributed by atoms with Crippen LogP contribution >= 0.6 is 0 Å². The van der Waals surface area contributed by atoms with Gasteiger partial charge in [-0.3, -0.25) is 4.98 Å². The molecule has 0 unspecified atom stereocenters. The lowest BCUT2D eigenvalue weighted by Gasteiger charge is -1.82. The third-order valence-electron chi connectivity index (χ3n) is 1.20. The molecule has 0 amide bonds. The third kappa shape index (κ3) is 1.17. The molecule has 1 heterocycles. The van der Waals surface area contributed by atoms with E-state index in [1.165, 1.54) is 0 Å². The molecule has 0 radical (unpaired) electrons. The zero-order valence-electron chi connectivity index (χ0n) is 5.46. The molecular formula is C8H9N. The first-order valence-electron chi connectivity index (χ1n) is 2.91. The van der Waals surface area contributed by atoms with Gasteiger partial charge in [-0.15, -0.1) is 0 Å². The average molecular weight is 119 g/mol. The summed E-state index contributed by atoms with van der Waals surface area (Å²) in [4.78, 5) is 4.08. The maximum Gasteiger partial charge on any atom is 0.0653 e. The van der Waals surface area contributed by atoms with Crippen molar-refractivity contribution >= 4 is 12.7 Å². The van der Waals surface area contributed by atoms with Gasteiger partial charge in [0.25, 0.3) is 0 Å². The minimum atomic E-state index is 0.970. The Hall–Kier alpha value is -1.11. The first-order valence-corrected chi connectivity index (χ1v) is 2.91. The van der Waals surface area contributed by atoms with Gasteiger partial charge < -0.3 is 0 Å². The van der Waals surface area contributed by atoms with Crippen LogP contribution in [0.3, 0.4) is 0 Å². The highest BCUT2D eigenvalue weighted by Gasteiger charge is 1.75. The Morgan fingerprint density at radius 3 is 2.89 bits per heavy atom. The predicted octanol–water partition coefficient (Wildman–Crippen LogP) is 0.292. The van der Waals surface area contributed by atoms with Crippen molar-refractivity contribution in [2.75, 3.05) is 0 Å². The van der Waals surface area contributed by atoms with Crippen LogP contribution in [-0.4, -0.2) is 4.98 Å². The molecule has 0 fully saturated rings. The van der Waals surface area contributed by atoms with Crippen molar-refractivity contribution in [3.63, 3.8) is 0 Å². The number of pyridine rings is 1. The summed E-state index contributed by atoms with van der Waals surface area (Å²) in [5.41, 5.74) is 0. The Balaban J connectivity index is 3.53. The highest BCUT2D eigenvalue weighted by Crippen LogP contribution is 1.62. The molecule has 1 nitrogen and oxygen atoms in total. The standard InChI is InChI=1S/C8H9N/c1-3-8-7(2)5-4-6-9-8/h3-6H,2H2,1H3/b8-3+. The molecule has 9 heavy (non-hydrogen) atoms. The van der Waals surface area contributed by atoms with E-state index >= 15 is 0 Å². The van der Waals surface area contributed by atoms with Crippen LogP contribution in [0.5, 0.6) is 0 Å². The van der Waals surface area contributed by atoms with Gasteiger partial charge in [-0.25, -0.2) is 0 Å². The fraction of sp³-hybridized carbons (Fsp3) is 0.125. The predicted molar refractivity (Wildman–Crippen MR) is 39.1 cm³/mol. The van der Waals surface area contributed by atoms with Gasteiger partial charge in [0.1, 0.15) is 0 Å². The topological polar surface area (TPSA) is 12.9 Å². The second-order valence-corrected chi connectivity index (χ2v) is 1.84. The maximum atomic E-state index is 4.08. The van der Waals surface area contributed by atoms with Crippen LogP contribution in [0.1, 0.15) is 6.92 Å². The Labute approximate surface area is 54.4 Å². The molecule has 0 saturated heterocycles. The molecule has 0 aromatic carbocycles. The molecule has 0 aliphatic heterocycles. The van der Waals surface area contributed by atoms with E-state index < -0.39 is 0 Å². The lowest BCUT2D eigenvalue weighted by atomic mass is 10.3. The summed E-state index contributed by atoms with van der Waals surface area (Å²) in [5.74, 6) is 0. The van der Waals surface area contributed by atoms with Crippen LogP contribution in [0.2, 0.25) is 0 Å². The summed E-state index contributed by atoms with van der Waals surface area (Å²) in [6, 6.07) is 3.83. The minimum Gasteiger partial charge on any atom is -0.257 e. The fourth-order valence-corrected chi connectivity index (χ4v) is 0.711. The number of aromatic nitrogens is 1. The van der Waals surface area contributed by atoms with Crippen molar-refractivity contribution in [3.8, 4) is 0 Å². The van der Waals surface area contributed by atoms with E-state index in [1.54, 1.807) is 6.20 Å². The molecule has 0 bridgehead atoms. The second kappa shape index (κ2) is 2.44. The molecule has 0 aliphatic carbocycles. The molecule has 46 valence electrons. The lowest BCUT2D eigenvalue weighted by Crippen LogP contribution is -2.24. The number of hydrogen-bond acceptors (Lipinski definition) is 1. The molecule has 0 aliphatic rings. The van der Waals surface area contributed by atoms with Gasteiger partial charge in [0.15, 0.2) is 0 Å². The first kappa shape index (κ1) is 6.02. The van der Waals surface area contributed by atoms with Gasteiger partial charge in [-0.05, 0) is 18.2 Å². The fourth-order valence-electron chi connectivity index (χ4n) is 0.711. The van der Waals surface area contributed by atoms with Gasteiger partial charge in [0.05, 0.1) is 5.35 Å². The van der Waals surface area contributed by atoms with Gasteiger partial charge in [-0.1, -0.05) is 18.7 Å². The zero-order valence-corrected chi connectivity index (χ0v) is 5.46. The summed E-state index contributed by atoms with van der Waals surface area (Å²) in [6.07, 6.45) is 3.71. The Morgan fingerprint density at radius 1 is 1.67 bits per heavy atom. The van der Waals surface area contributed by atoms with Crippen LogP contribution in [-0.2, 0) is 0 Å². The number of rotatable bonds is 0. The average Bonchev–Trinajstić information content (AvgIpc) is 1.89. The molecule has 0 spiro atoms. The highest BCUT2D eigenvalue weighted by molar-refractivity contribution is 5.18. The van der Waals surface area contributed by atoms with Crippen molar-refractivity contribution in [2.24, 2.45) is 0 Å². The van der Waals surface area contributed by atoms with Crippen molar-refractivity contribution < 1.29 is 0 Å². The molecule has 1 rings (SSSR count). The van der Waals surface area contributed by atoms with Crippen molar-refractivity contribution in [1.82, 2.24) is 4.98 Å². The Morgan fingerprint density at radius 2 is 2.44 bits per heavy atom. The Bertz CT molecular complexity index is 288. The maximum absolute atomic E-state index is 4.08. The van der Waals surface area contributed by atoms with Gasteiger partial charge in [-0.2, -0.15) is 0 Å². The van der Waals surface area contributed by atoms with Crippen LogP contribution in [0.25, 0.3) is 12.7 Å². The van der Waals surface area contributed by atoms with E-state index in [1.807, 2.05) is 25.1 Å². The summed E-state index contributed by atoms with van der Waals surface area (Å²) < 4.78 is 0. The Kier molecular flexibility index (Phi) is 1.63. The molecule has 0 N–H and O–H groups in total. The molecular weight excluding hydrogens is 110 g/mol. The molecule has 0 saturated carbocycles. The lowest BCUT2D eigenvalue weighted by molar-refractivity contribution is 1.22. The number of nitrogens with zero attached hydrogens (tertiary/aromatic N) is 1. The second-order valence-electron chi connectivity index (χ2n) is 1.84. The van der Waals surface area contributed by atoms with E-state index in [-0.39, 0.29) is 0 Å².